The molecule has 12 heteroatoms. The molecule has 1 fully saturated rings. The first-order chi connectivity index (χ1) is 17.6. The number of benzene rings is 1. The van der Waals surface area contributed by atoms with E-state index in [1.807, 2.05) is 13.0 Å². The first-order valence-electron chi connectivity index (χ1n) is 11.5. The fraction of sp³-hybridized carbons (Fsp3) is 0.280. The molecule has 37 heavy (non-hydrogen) atoms. The van der Waals surface area contributed by atoms with Crippen molar-refractivity contribution in [3.05, 3.63) is 48.2 Å². The highest BCUT2D eigenvalue weighted by atomic mass is 32.2. The van der Waals surface area contributed by atoms with Crippen LogP contribution in [0.5, 0.6) is 0 Å². The zero-order chi connectivity index (χ0) is 26.3. The van der Waals surface area contributed by atoms with Crippen molar-refractivity contribution in [2.24, 2.45) is 0 Å². The fourth-order valence-electron chi connectivity index (χ4n) is 4.15. The molecule has 1 amide bonds. The van der Waals surface area contributed by atoms with E-state index in [4.69, 9.17) is 14.7 Å². The minimum Gasteiger partial charge on any atom is -0.465 e. The molecule has 1 aliphatic rings. The number of pyridine rings is 1. The Hall–Kier alpha value is -3.61. The molecule has 192 valence electrons. The number of amides is 1. The Labute approximate surface area is 218 Å². The molecule has 1 aliphatic heterocycles. The number of morpholine rings is 1. The van der Waals surface area contributed by atoms with E-state index in [2.05, 4.69) is 9.88 Å². The lowest BCUT2D eigenvalue weighted by atomic mass is 10.1. The summed E-state index contributed by atoms with van der Waals surface area (Å²) in [5.41, 5.74) is 3.17. The SMILES string of the molecule is Cc1c(-c2cccc(S(C)(=O)=O)c2)sc2c(N3CCOCC3)nc(-c3ccc(N(C)C(=O)O)nc3)nc12. The average molecular weight is 540 g/mol. The highest BCUT2D eigenvalue weighted by molar-refractivity contribution is 7.90. The van der Waals surface area contributed by atoms with Crippen LogP contribution in [0.1, 0.15) is 5.56 Å². The van der Waals surface area contributed by atoms with Gasteiger partial charge in [-0.25, -0.2) is 28.2 Å². The molecular weight excluding hydrogens is 514 g/mol. The number of nitrogens with zero attached hydrogens (tertiary/aromatic N) is 5. The van der Waals surface area contributed by atoms with E-state index in [-0.39, 0.29) is 4.90 Å². The lowest BCUT2D eigenvalue weighted by Gasteiger charge is -2.28. The predicted octanol–water partition coefficient (Wildman–Crippen LogP) is 4.08. The van der Waals surface area contributed by atoms with Crippen LogP contribution in [0.25, 0.3) is 32.0 Å². The second kappa shape index (κ2) is 9.69. The number of carboxylic acid groups (broad SMARTS) is 1. The molecule has 0 spiro atoms. The Balaban J connectivity index is 1.67. The second-order valence-electron chi connectivity index (χ2n) is 8.75. The number of aromatic nitrogens is 3. The summed E-state index contributed by atoms with van der Waals surface area (Å²) in [6, 6.07) is 10.3. The first kappa shape index (κ1) is 25.1. The summed E-state index contributed by atoms with van der Waals surface area (Å²) < 4.78 is 30.8. The van der Waals surface area contributed by atoms with Gasteiger partial charge in [-0.05, 0) is 42.3 Å². The molecule has 1 N–H and O–H groups in total. The number of fused-ring (bicyclic) bond motifs is 1. The first-order valence-corrected chi connectivity index (χ1v) is 14.2. The van der Waals surface area contributed by atoms with E-state index >= 15 is 0 Å². The third-order valence-corrected chi connectivity index (χ3v) is 8.66. The van der Waals surface area contributed by atoms with Crippen molar-refractivity contribution in [2.75, 3.05) is 49.4 Å². The summed E-state index contributed by atoms with van der Waals surface area (Å²) >= 11 is 1.54. The Morgan fingerprint density at radius 3 is 2.54 bits per heavy atom. The summed E-state index contributed by atoms with van der Waals surface area (Å²) in [7, 11) is -1.92. The summed E-state index contributed by atoms with van der Waals surface area (Å²) in [5.74, 6) is 1.56. The number of hydrogen-bond acceptors (Lipinski definition) is 9. The highest BCUT2D eigenvalue weighted by Gasteiger charge is 2.23. The number of aryl methyl sites for hydroxylation is 1. The van der Waals surface area contributed by atoms with Gasteiger partial charge in [0.2, 0.25) is 0 Å². The van der Waals surface area contributed by atoms with Gasteiger partial charge in [0.1, 0.15) is 5.82 Å². The van der Waals surface area contributed by atoms with Crippen molar-refractivity contribution in [2.45, 2.75) is 11.8 Å². The van der Waals surface area contributed by atoms with Crippen LogP contribution in [0.2, 0.25) is 0 Å². The van der Waals surface area contributed by atoms with Crippen LogP contribution in [0.4, 0.5) is 16.4 Å². The maximum Gasteiger partial charge on any atom is 0.412 e. The van der Waals surface area contributed by atoms with Crippen LogP contribution < -0.4 is 9.80 Å². The number of thiophene rings is 1. The highest BCUT2D eigenvalue weighted by Crippen LogP contribution is 2.42. The Morgan fingerprint density at radius 2 is 1.89 bits per heavy atom. The van der Waals surface area contributed by atoms with Crippen molar-refractivity contribution in [1.82, 2.24) is 15.0 Å². The largest absolute Gasteiger partial charge is 0.465 e. The molecule has 4 heterocycles. The maximum absolute atomic E-state index is 12.2. The monoisotopic (exact) mass is 539 g/mol. The van der Waals surface area contributed by atoms with Crippen molar-refractivity contribution in [3.8, 4) is 21.8 Å². The maximum atomic E-state index is 12.2. The molecule has 0 atom stereocenters. The predicted molar refractivity (Wildman–Crippen MR) is 143 cm³/mol. The number of sulfone groups is 1. The number of anilines is 2. The molecular formula is C25H25N5O5S2. The van der Waals surface area contributed by atoms with Crippen molar-refractivity contribution < 1.29 is 23.1 Å². The molecule has 10 nitrogen and oxygen atoms in total. The molecule has 4 aromatic rings. The van der Waals surface area contributed by atoms with Gasteiger partial charge in [-0.3, -0.25) is 4.90 Å². The van der Waals surface area contributed by atoms with E-state index in [9.17, 15) is 18.3 Å². The third-order valence-electron chi connectivity index (χ3n) is 6.22. The van der Waals surface area contributed by atoms with E-state index in [1.165, 1.54) is 13.3 Å². The van der Waals surface area contributed by atoms with E-state index in [0.29, 0.717) is 43.5 Å². The fourth-order valence-corrected chi connectivity index (χ4v) is 6.08. The minimum atomic E-state index is -3.35. The van der Waals surface area contributed by atoms with Gasteiger partial charge < -0.3 is 14.7 Å². The molecule has 0 unspecified atom stereocenters. The lowest BCUT2D eigenvalue weighted by molar-refractivity contribution is 0.122. The van der Waals surface area contributed by atoms with Gasteiger partial charge in [0.15, 0.2) is 21.5 Å². The second-order valence-corrected chi connectivity index (χ2v) is 11.8. The van der Waals surface area contributed by atoms with E-state index in [1.54, 1.807) is 47.9 Å². The van der Waals surface area contributed by atoms with Crippen molar-refractivity contribution >= 4 is 49.1 Å². The summed E-state index contributed by atoms with van der Waals surface area (Å²) in [4.78, 5) is 29.7. The number of carbonyl (C=O) groups is 1. The zero-order valence-electron chi connectivity index (χ0n) is 20.5. The summed E-state index contributed by atoms with van der Waals surface area (Å²) in [5, 5.41) is 9.22. The smallest absolute Gasteiger partial charge is 0.412 e. The molecule has 0 radical (unpaired) electrons. The minimum absolute atomic E-state index is 0.263. The van der Waals surface area contributed by atoms with Gasteiger partial charge in [-0.15, -0.1) is 11.3 Å². The van der Waals surface area contributed by atoms with E-state index < -0.39 is 15.9 Å². The van der Waals surface area contributed by atoms with E-state index in [0.717, 1.165) is 36.9 Å². The van der Waals surface area contributed by atoms with Crippen LogP contribution in [0, 0.1) is 6.92 Å². The molecule has 0 saturated carbocycles. The van der Waals surface area contributed by atoms with Crippen LogP contribution >= 0.6 is 11.3 Å². The normalized spacial score (nSPS) is 14.2. The molecule has 1 aromatic carbocycles. The number of rotatable bonds is 5. The van der Waals surface area contributed by atoms with Gasteiger partial charge in [0.05, 0.1) is 28.3 Å². The number of ether oxygens (including phenoxy) is 1. The molecule has 1 saturated heterocycles. The number of hydrogen-bond donors (Lipinski definition) is 1. The molecule has 0 aliphatic carbocycles. The van der Waals surface area contributed by atoms with Gasteiger partial charge in [0.25, 0.3) is 0 Å². The topological polar surface area (TPSA) is 126 Å². The Bertz CT molecular complexity index is 1600. The van der Waals surface area contributed by atoms with Gasteiger partial charge in [-0.1, -0.05) is 12.1 Å². The average Bonchev–Trinajstić information content (AvgIpc) is 3.24. The lowest BCUT2D eigenvalue weighted by Crippen LogP contribution is -2.36. The van der Waals surface area contributed by atoms with Crippen LogP contribution in [-0.4, -0.2) is 74.2 Å². The van der Waals surface area contributed by atoms with Crippen LogP contribution in [0.3, 0.4) is 0 Å². The van der Waals surface area contributed by atoms with Crippen LogP contribution in [0.15, 0.2) is 47.5 Å². The molecule has 0 bridgehead atoms. The molecule has 3 aromatic heterocycles. The van der Waals surface area contributed by atoms with Gasteiger partial charge >= 0.3 is 6.09 Å². The van der Waals surface area contributed by atoms with Crippen molar-refractivity contribution in [1.29, 1.82) is 0 Å². The van der Waals surface area contributed by atoms with Gasteiger partial charge in [0, 0.05) is 43.0 Å². The Kier molecular flexibility index (Phi) is 6.56. The summed E-state index contributed by atoms with van der Waals surface area (Å²) in [6.45, 7) is 4.52. The zero-order valence-corrected chi connectivity index (χ0v) is 22.1. The summed E-state index contributed by atoms with van der Waals surface area (Å²) in [6.07, 6.45) is 1.66. The standard InChI is InChI=1S/C25H25N5O5S2/c1-15-20-22(36-21(15)16-5-4-6-18(13-16)37(3,33)34)24(30-9-11-35-12-10-30)28-23(27-20)17-7-8-19(26-14-17)29(2)25(31)32/h4-8,13-14H,9-12H2,1-3H3,(H,31,32). The molecule has 5 rings (SSSR count). The van der Waals surface area contributed by atoms with Crippen LogP contribution in [-0.2, 0) is 14.6 Å². The third kappa shape index (κ3) is 4.87. The van der Waals surface area contributed by atoms with Crippen molar-refractivity contribution in [3.63, 3.8) is 0 Å². The van der Waals surface area contributed by atoms with Gasteiger partial charge in [-0.2, -0.15) is 0 Å². The quantitative estimate of drug-likeness (QED) is 0.399. The Morgan fingerprint density at radius 1 is 1.14 bits per heavy atom.